The highest BCUT2D eigenvalue weighted by Crippen LogP contribution is 2.29. The van der Waals surface area contributed by atoms with E-state index in [9.17, 15) is 4.79 Å². The van der Waals surface area contributed by atoms with E-state index in [2.05, 4.69) is 39.7 Å². The van der Waals surface area contributed by atoms with Gasteiger partial charge in [-0.2, -0.15) is 0 Å². The first-order chi connectivity index (χ1) is 11.6. The highest BCUT2D eigenvalue weighted by atomic mass is 16.1. The molecule has 1 unspecified atom stereocenters. The second-order valence-corrected chi connectivity index (χ2v) is 6.07. The van der Waals surface area contributed by atoms with Gasteiger partial charge in [-0.1, -0.05) is 0 Å². The van der Waals surface area contributed by atoms with Crippen molar-refractivity contribution < 1.29 is 0 Å². The molecule has 4 heterocycles. The van der Waals surface area contributed by atoms with E-state index < -0.39 is 0 Å². The molecular weight excluding hydrogens is 302 g/mol. The van der Waals surface area contributed by atoms with Gasteiger partial charge in [-0.25, -0.2) is 4.98 Å². The second kappa shape index (κ2) is 5.63. The molecule has 6 heteroatoms. The third kappa shape index (κ3) is 2.31. The molecule has 0 saturated heterocycles. The van der Waals surface area contributed by atoms with E-state index in [0.717, 1.165) is 18.7 Å². The average Bonchev–Trinajstić information content (AvgIpc) is 3.08. The van der Waals surface area contributed by atoms with Crippen molar-refractivity contribution in [3.8, 4) is 11.3 Å². The maximum atomic E-state index is 12.5. The van der Waals surface area contributed by atoms with Crippen molar-refractivity contribution in [1.29, 1.82) is 0 Å². The average molecular weight is 321 g/mol. The van der Waals surface area contributed by atoms with Crippen LogP contribution in [0.4, 0.5) is 5.95 Å². The molecule has 1 aliphatic rings. The maximum Gasteiger partial charge on any atom is 0.255 e. The van der Waals surface area contributed by atoms with E-state index >= 15 is 0 Å². The summed E-state index contributed by atoms with van der Waals surface area (Å²) in [6, 6.07) is 9.68. The van der Waals surface area contributed by atoms with Gasteiger partial charge >= 0.3 is 0 Å². The molecule has 24 heavy (non-hydrogen) atoms. The summed E-state index contributed by atoms with van der Waals surface area (Å²) < 4.78 is 3.88. The summed E-state index contributed by atoms with van der Waals surface area (Å²) in [5.74, 6) is 0.703. The predicted octanol–water partition coefficient (Wildman–Crippen LogP) is 2.22. The first-order valence-corrected chi connectivity index (χ1v) is 8.05. The van der Waals surface area contributed by atoms with Crippen LogP contribution in [-0.4, -0.2) is 25.6 Å². The van der Waals surface area contributed by atoms with Crippen molar-refractivity contribution in [1.82, 2.24) is 19.1 Å². The number of rotatable bonds is 2. The zero-order valence-corrected chi connectivity index (χ0v) is 13.8. The smallest absolute Gasteiger partial charge is 0.255 e. The molecule has 6 nitrogen and oxygen atoms in total. The van der Waals surface area contributed by atoms with Gasteiger partial charge in [0.05, 0.1) is 11.7 Å². The predicted molar refractivity (Wildman–Crippen MR) is 92.9 cm³/mol. The first-order valence-electron chi connectivity index (χ1n) is 8.05. The van der Waals surface area contributed by atoms with E-state index in [4.69, 9.17) is 4.98 Å². The van der Waals surface area contributed by atoms with Crippen LogP contribution in [0.5, 0.6) is 0 Å². The molecule has 0 bridgehead atoms. The zero-order chi connectivity index (χ0) is 16.7. The van der Waals surface area contributed by atoms with Gasteiger partial charge in [0.25, 0.3) is 5.56 Å². The normalized spacial score (nSPS) is 16.9. The van der Waals surface area contributed by atoms with Gasteiger partial charge in [-0.3, -0.25) is 14.3 Å². The quantitative estimate of drug-likeness (QED) is 0.726. The lowest BCUT2D eigenvalue weighted by Crippen LogP contribution is -2.40. The second-order valence-electron chi connectivity index (χ2n) is 6.07. The van der Waals surface area contributed by atoms with Gasteiger partial charge in [0.2, 0.25) is 5.95 Å². The Morgan fingerprint density at radius 3 is 2.75 bits per heavy atom. The fourth-order valence-corrected chi connectivity index (χ4v) is 3.31. The van der Waals surface area contributed by atoms with E-state index in [0.29, 0.717) is 11.6 Å². The monoisotopic (exact) mass is 321 g/mol. The van der Waals surface area contributed by atoms with Crippen molar-refractivity contribution in [3.05, 3.63) is 65.0 Å². The molecule has 0 radical (unpaired) electrons. The van der Waals surface area contributed by atoms with E-state index in [-0.39, 0.29) is 11.6 Å². The first kappa shape index (κ1) is 14.7. The van der Waals surface area contributed by atoms with Crippen molar-refractivity contribution in [3.63, 3.8) is 0 Å². The van der Waals surface area contributed by atoms with Crippen LogP contribution in [-0.2, 0) is 13.6 Å². The van der Waals surface area contributed by atoms with Crippen LogP contribution >= 0.6 is 0 Å². The minimum atomic E-state index is -0.0556. The number of aromatic nitrogens is 4. The molecular formula is C18H19N5O. The fraction of sp³-hybridized carbons (Fsp3) is 0.278. The summed E-state index contributed by atoms with van der Waals surface area (Å²) in [7, 11) is 1.78. The molecule has 0 aliphatic carbocycles. The number of hydrogen-bond acceptors (Lipinski definition) is 4. The van der Waals surface area contributed by atoms with E-state index in [1.165, 1.54) is 5.69 Å². The molecule has 0 amide bonds. The lowest BCUT2D eigenvalue weighted by atomic mass is 10.1. The Balaban J connectivity index is 1.81. The minimum Gasteiger partial charge on any atom is -0.348 e. The number of anilines is 1. The van der Waals surface area contributed by atoms with Crippen molar-refractivity contribution >= 4 is 5.95 Å². The highest BCUT2D eigenvalue weighted by molar-refractivity contribution is 5.59. The van der Waals surface area contributed by atoms with Crippen LogP contribution in [0.2, 0.25) is 0 Å². The Bertz CT molecular complexity index is 928. The lowest BCUT2D eigenvalue weighted by Gasteiger charge is -2.36. The topological polar surface area (TPSA) is 56.0 Å². The summed E-state index contributed by atoms with van der Waals surface area (Å²) in [4.78, 5) is 23.5. The highest BCUT2D eigenvalue weighted by Gasteiger charge is 2.26. The van der Waals surface area contributed by atoms with Crippen molar-refractivity contribution in [2.45, 2.75) is 19.5 Å². The van der Waals surface area contributed by atoms with Gasteiger partial charge in [0.15, 0.2) is 0 Å². The van der Waals surface area contributed by atoms with Gasteiger partial charge in [-0.05, 0) is 31.2 Å². The summed E-state index contributed by atoms with van der Waals surface area (Å²) >= 11 is 0. The van der Waals surface area contributed by atoms with Crippen molar-refractivity contribution in [2.75, 3.05) is 11.4 Å². The molecule has 0 fully saturated rings. The Hall–Kier alpha value is -2.89. The van der Waals surface area contributed by atoms with Crippen LogP contribution in [0.15, 0.2) is 53.7 Å². The number of pyridine rings is 1. The summed E-state index contributed by atoms with van der Waals surface area (Å²) in [6.45, 7) is 3.86. The van der Waals surface area contributed by atoms with E-state index in [1.54, 1.807) is 30.1 Å². The van der Waals surface area contributed by atoms with Crippen LogP contribution in [0, 0.1) is 0 Å². The van der Waals surface area contributed by atoms with Gasteiger partial charge < -0.3 is 9.47 Å². The molecule has 1 atom stereocenters. The van der Waals surface area contributed by atoms with Gasteiger partial charge in [0, 0.05) is 56.1 Å². The maximum absolute atomic E-state index is 12.5. The standard InChI is InChI=1S/C18H19N5O/c1-13-16-4-3-9-22(16)10-11-23(13)18-20-15(12-17(24)21(18)2)14-5-7-19-8-6-14/h3-9,12-13H,10-11H2,1-2H3. The molecule has 1 aliphatic heterocycles. The van der Waals surface area contributed by atoms with E-state index in [1.807, 2.05) is 12.1 Å². The largest absolute Gasteiger partial charge is 0.348 e. The number of fused-ring (bicyclic) bond motifs is 1. The third-order valence-electron chi connectivity index (χ3n) is 4.69. The van der Waals surface area contributed by atoms with Crippen LogP contribution in [0.25, 0.3) is 11.3 Å². The Labute approximate surface area is 140 Å². The molecule has 122 valence electrons. The molecule has 0 spiro atoms. The van der Waals surface area contributed by atoms with Crippen molar-refractivity contribution in [2.24, 2.45) is 7.05 Å². The number of nitrogens with zero attached hydrogens (tertiary/aromatic N) is 5. The molecule has 0 N–H and O–H groups in total. The molecule has 3 aromatic heterocycles. The lowest BCUT2D eigenvalue weighted by molar-refractivity contribution is 0.493. The third-order valence-corrected chi connectivity index (χ3v) is 4.69. The van der Waals surface area contributed by atoms with Crippen LogP contribution in [0.3, 0.4) is 0 Å². The van der Waals surface area contributed by atoms with Gasteiger partial charge in [-0.15, -0.1) is 0 Å². The summed E-state index contributed by atoms with van der Waals surface area (Å²) in [6.07, 6.45) is 5.53. The summed E-state index contributed by atoms with van der Waals surface area (Å²) in [5, 5.41) is 0. The Morgan fingerprint density at radius 2 is 1.96 bits per heavy atom. The Kier molecular flexibility index (Phi) is 3.45. The Morgan fingerprint density at radius 1 is 1.17 bits per heavy atom. The summed E-state index contributed by atoms with van der Waals surface area (Å²) in [5.41, 5.74) is 2.77. The van der Waals surface area contributed by atoms with Crippen LogP contribution in [0.1, 0.15) is 18.7 Å². The minimum absolute atomic E-state index is 0.0556. The SMILES string of the molecule is CC1c2cccn2CCN1c1nc(-c2ccncc2)cc(=O)n1C. The van der Waals surface area contributed by atoms with Gasteiger partial charge in [0.1, 0.15) is 0 Å². The molecule has 0 aromatic carbocycles. The molecule has 4 rings (SSSR count). The molecule has 3 aromatic rings. The fourth-order valence-electron chi connectivity index (χ4n) is 3.31. The zero-order valence-electron chi connectivity index (χ0n) is 13.8. The molecule has 0 saturated carbocycles. The van der Waals surface area contributed by atoms with Crippen LogP contribution < -0.4 is 10.5 Å². The number of hydrogen-bond donors (Lipinski definition) is 0.